The van der Waals surface area contributed by atoms with E-state index in [-0.39, 0.29) is 17.8 Å². The molecule has 3 aliphatic rings. The van der Waals surface area contributed by atoms with Crippen molar-refractivity contribution in [2.75, 3.05) is 25.7 Å². The number of azo groups is 2. The molecule has 0 bridgehead atoms. The average molecular weight is 353 g/mol. The van der Waals surface area contributed by atoms with E-state index in [1.54, 1.807) is 0 Å². The first-order chi connectivity index (χ1) is 11.4. The summed E-state index contributed by atoms with van der Waals surface area (Å²) in [5.41, 5.74) is 1.47. The molecule has 0 spiro atoms. The minimum absolute atomic E-state index is 0.105. The van der Waals surface area contributed by atoms with Crippen molar-refractivity contribution >= 4 is 15.8 Å². The van der Waals surface area contributed by atoms with Gasteiger partial charge in [-0.05, 0) is 36.5 Å². The second-order valence-corrected chi connectivity index (χ2v) is 8.46. The van der Waals surface area contributed by atoms with E-state index in [0.717, 1.165) is 18.5 Å². The Bertz CT molecular complexity index is 772. The molecule has 130 valence electrons. The summed E-state index contributed by atoms with van der Waals surface area (Å²) in [5.74, 6) is 0.804. The van der Waals surface area contributed by atoms with Crippen LogP contribution in [-0.4, -0.2) is 50.9 Å². The second kappa shape index (κ2) is 6.51. The van der Waals surface area contributed by atoms with Gasteiger partial charge in [-0.1, -0.05) is 4.70 Å². The second-order valence-electron chi connectivity index (χ2n) is 6.20. The van der Waals surface area contributed by atoms with E-state index in [1.807, 2.05) is 16.8 Å². The normalized spacial score (nSPS) is 22.8. The third-order valence-corrected chi connectivity index (χ3v) is 5.16. The van der Waals surface area contributed by atoms with E-state index in [4.69, 9.17) is 9.47 Å². The third kappa shape index (κ3) is 3.58. The van der Waals surface area contributed by atoms with E-state index in [2.05, 4.69) is 5.11 Å². The Hall–Kier alpha value is -1.96. The number of nitrogens with zero attached hydrogens (tertiary/aromatic N) is 2. The Kier molecular flexibility index (Phi) is 4.58. The highest BCUT2D eigenvalue weighted by Crippen LogP contribution is 2.43. The van der Waals surface area contributed by atoms with Crippen molar-refractivity contribution in [1.29, 1.82) is 0 Å². The monoisotopic (exact) mass is 353 g/mol. The van der Waals surface area contributed by atoms with E-state index in [9.17, 15) is 13.2 Å². The molecule has 1 unspecified atom stereocenters. The van der Waals surface area contributed by atoms with Crippen LogP contribution in [0.2, 0.25) is 0 Å². The number of rotatable bonds is 7. The average Bonchev–Trinajstić information content (AvgIpc) is 3.28. The van der Waals surface area contributed by atoms with Gasteiger partial charge in [-0.2, -0.15) is 0 Å². The van der Waals surface area contributed by atoms with Gasteiger partial charge in [0.2, 0.25) is 6.04 Å². The minimum atomic E-state index is -2.98. The van der Waals surface area contributed by atoms with Crippen LogP contribution < -0.4 is 0 Å². The van der Waals surface area contributed by atoms with Gasteiger partial charge in [0.25, 0.3) is 5.70 Å². The lowest BCUT2D eigenvalue weighted by Crippen LogP contribution is -2.29. The van der Waals surface area contributed by atoms with Gasteiger partial charge in [0.05, 0.1) is 25.4 Å². The summed E-state index contributed by atoms with van der Waals surface area (Å²) in [6.07, 6.45) is 9.04. The third-order valence-electron chi connectivity index (χ3n) is 4.13. The number of fused-ring (bicyclic) bond motifs is 1. The minimum Gasteiger partial charge on any atom is -0.487 e. The van der Waals surface area contributed by atoms with Gasteiger partial charge in [-0.15, -0.1) is 0 Å². The summed E-state index contributed by atoms with van der Waals surface area (Å²) in [4.78, 5) is 11.8. The van der Waals surface area contributed by atoms with Crippen LogP contribution in [-0.2, 0) is 24.1 Å². The lowest BCUT2D eigenvalue weighted by Gasteiger charge is -2.16. The molecule has 2 aliphatic heterocycles. The molecule has 1 fully saturated rings. The molecular weight excluding hydrogens is 332 g/mol. The van der Waals surface area contributed by atoms with Crippen LogP contribution >= 0.6 is 0 Å². The fourth-order valence-electron chi connectivity index (χ4n) is 2.84. The molecule has 1 aliphatic carbocycles. The molecule has 0 N–H and O–H groups in total. The number of allylic oxidation sites excluding steroid dienone is 2. The molecule has 0 aromatic rings. The number of carbonyl (C=O) groups is 1. The van der Waals surface area contributed by atoms with Crippen LogP contribution in [0.5, 0.6) is 0 Å². The zero-order chi connectivity index (χ0) is 17.3. The highest BCUT2D eigenvalue weighted by atomic mass is 32.2. The predicted octanol–water partition coefficient (Wildman–Crippen LogP) is 1.53. The Labute approximate surface area is 141 Å². The van der Waals surface area contributed by atoms with E-state index in [1.165, 1.54) is 19.6 Å². The lowest BCUT2D eigenvalue weighted by molar-refractivity contribution is -0.561. The smallest absolute Gasteiger partial charge is 0.342 e. The Morgan fingerprint density at radius 1 is 1.42 bits per heavy atom. The van der Waals surface area contributed by atoms with Crippen LogP contribution in [0.1, 0.15) is 19.3 Å². The van der Waals surface area contributed by atoms with Gasteiger partial charge in [0.15, 0.2) is 5.76 Å². The largest absolute Gasteiger partial charge is 0.487 e. The summed E-state index contributed by atoms with van der Waals surface area (Å²) in [6, 6.07) is -0.253. The molecule has 24 heavy (non-hydrogen) atoms. The SMILES string of the molecule is COC(=O)C1=CN=[N+]2C(C3CC3)=C(OCCCS(C)(=O)=O)C=CC12. The molecule has 0 aromatic carbocycles. The van der Waals surface area contributed by atoms with Crippen molar-refractivity contribution in [3.05, 3.63) is 35.4 Å². The molecule has 8 heteroatoms. The quantitative estimate of drug-likeness (QED) is 0.394. The fourth-order valence-corrected chi connectivity index (χ4v) is 3.48. The molecule has 1 saturated carbocycles. The van der Waals surface area contributed by atoms with Crippen molar-refractivity contribution in [2.45, 2.75) is 25.3 Å². The van der Waals surface area contributed by atoms with Crippen LogP contribution in [0.4, 0.5) is 0 Å². The van der Waals surface area contributed by atoms with Crippen LogP contribution in [0, 0.1) is 5.92 Å². The highest BCUT2D eigenvalue weighted by molar-refractivity contribution is 7.90. The van der Waals surface area contributed by atoms with Crippen molar-refractivity contribution < 1.29 is 27.4 Å². The zero-order valence-corrected chi connectivity index (χ0v) is 14.6. The maximum atomic E-state index is 11.8. The molecule has 7 nitrogen and oxygen atoms in total. The number of hydrogen-bond donors (Lipinski definition) is 0. The van der Waals surface area contributed by atoms with Gasteiger partial charge >= 0.3 is 5.97 Å². The van der Waals surface area contributed by atoms with Gasteiger partial charge in [-0.25, -0.2) is 13.2 Å². The van der Waals surface area contributed by atoms with Crippen LogP contribution in [0.3, 0.4) is 0 Å². The molecule has 3 rings (SSSR count). The number of sulfone groups is 1. The van der Waals surface area contributed by atoms with Gasteiger partial charge in [0, 0.05) is 6.26 Å². The summed E-state index contributed by atoms with van der Waals surface area (Å²) in [6.45, 7) is 0.332. The first-order valence-electron chi connectivity index (χ1n) is 7.92. The summed E-state index contributed by atoms with van der Waals surface area (Å²) in [7, 11) is -1.63. The molecule has 2 heterocycles. The molecular formula is C16H21N2O5S+. The molecule has 0 amide bonds. The summed E-state index contributed by atoms with van der Waals surface area (Å²) < 4.78 is 34.8. The summed E-state index contributed by atoms with van der Waals surface area (Å²) in [5, 5.41) is 4.35. The Morgan fingerprint density at radius 2 is 2.17 bits per heavy atom. The highest BCUT2D eigenvalue weighted by Gasteiger charge is 2.48. The standard InChI is InChI=1S/C16H21N2O5S/c1-22-16(19)12-10-17-18-13(12)6-7-14(15(18)11-4-5-11)23-8-3-9-24(2,20)21/h6-7,10-11,13H,3-5,8-9H2,1-2H3/q+1. The number of methoxy groups -OCH3 is 1. The molecule has 1 atom stereocenters. The number of hydrogen-bond acceptors (Lipinski definition) is 6. The van der Waals surface area contributed by atoms with Crippen LogP contribution in [0.15, 0.2) is 40.5 Å². The Morgan fingerprint density at radius 3 is 2.79 bits per heavy atom. The van der Waals surface area contributed by atoms with Crippen molar-refractivity contribution in [2.24, 2.45) is 11.0 Å². The van der Waals surface area contributed by atoms with E-state index in [0.29, 0.717) is 30.3 Å². The van der Waals surface area contributed by atoms with E-state index >= 15 is 0 Å². The zero-order valence-electron chi connectivity index (χ0n) is 13.8. The maximum Gasteiger partial charge on any atom is 0.342 e. The first kappa shape index (κ1) is 16.9. The number of ether oxygens (including phenoxy) is 2. The van der Waals surface area contributed by atoms with Crippen molar-refractivity contribution in [3.8, 4) is 0 Å². The molecule has 0 radical (unpaired) electrons. The van der Waals surface area contributed by atoms with Gasteiger partial charge < -0.3 is 9.47 Å². The van der Waals surface area contributed by atoms with Crippen molar-refractivity contribution in [3.63, 3.8) is 0 Å². The summed E-state index contributed by atoms with van der Waals surface area (Å²) >= 11 is 0. The predicted molar refractivity (Wildman–Crippen MR) is 85.7 cm³/mol. The van der Waals surface area contributed by atoms with Crippen molar-refractivity contribution in [1.82, 2.24) is 0 Å². The molecule has 0 aromatic heterocycles. The number of carbonyl (C=O) groups excluding carboxylic acids is 1. The van der Waals surface area contributed by atoms with E-state index < -0.39 is 9.84 Å². The fraction of sp³-hybridized carbons (Fsp3) is 0.562. The maximum absolute atomic E-state index is 11.8. The topological polar surface area (TPSA) is 85.0 Å². The Balaban J connectivity index is 1.72. The van der Waals surface area contributed by atoms with Gasteiger partial charge in [0.1, 0.15) is 21.6 Å². The first-order valence-corrected chi connectivity index (χ1v) is 9.98. The van der Waals surface area contributed by atoms with Crippen LogP contribution in [0.25, 0.3) is 0 Å². The lowest BCUT2D eigenvalue weighted by atomic mass is 10.0. The van der Waals surface area contributed by atoms with Gasteiger partial charge in [-0.3, -0.25) is 0 Å². The molecule has 0 saturated heterocycles. The number of esters is 1.